The Morgan fingerprint density at radius 2 is 2.10 bits per heavy atom. The number of carbonyl (C=O) groups is 1. The van der Waals surface area contributed by atoms with E-state index >= 15 is 0 Å². The summed E-state index contributed by atoms with van der Waals surface area (Å²) >= 11 is 0. The Kier molecular flexibility index (Phi) is 5.03. The van der Waals surface area contributed by atoms with Crippen molar-refractivity contribution in [3.8, 4) is 11.5 Å². The molecule has 0 aromatic heterocycles. The van der Waals surface area contributed by atoms with E-state index in [1.807, 2.05) is 17.0 Å². The van der Waals surface area contributed by atoms with E-state index in [-0.39, 0.29) is 6.04 Å². The SMILES string of the molecule is COc1ccc(CN(C2CC2)C(CO)C(=O)O)c(OC)c1. The summed E-state index contributed by atoms with van der Waals surface area (Å²) in [6.07, 6.45) is 1.92. The average molecular weight is 295 g/mol. The normalized spacial score (nSPS) is 15.8. The number of aliphatic hydroxyl groups is 1. The lowest BCUT2D eigenvalue weighted by molar-refractivity contribution is -0.145. The fourth-order valence-corrected chi connectivity index (χ4v) is 2.40. The molecule has 0 saturated heterocycles. The summed E-state index contributed by atoms with van der Waals surface area (Å²) < 4.78 is 10.5. The summed E-state index contributed by atoms with van der Waals surface area (Å²) in [5.41, 5.74) is 0.880. The van der Waals surface area contributed by atoms with Crippen LogP contribution < -0.4 is 9.47 Å². The number of aliphatic hydroxyl groups excluding tert-OH is 1. The molecule has 6 nitrogen and oxygen atoms in total. The van der Waals surface area contributed by atoms with Gasteiger partial charge in [0.05, 0.1) is 20.8 Å². The molecule has 0 radical (unpaired) electrons. The van der Waals surface area contributed by atoms with Crippen LogP contribution in [0.3, 0.4) is 0 Å². The van der Waals surface area contributed by atoms with E-state index in [0.717, 1.165) is 18.4 Å². The van der Waals surface area contributed by atoms with Gasteiger partial charge in [0.15, 0.2) is 0 Å². The van der Waals surface area contributed by atoms with Gasteiger partial charge in [0, 0.05) is 24.2 Å². The maximum atomic E-state index is 11.3. The zero-order valence-corrected chi connectivity index (χ0v) is 12.3. The molecule has 1 aliphatic rings. The van der Waals surface area contributed by atoms with Gasteiger partial charge < -0.3 is 19.7 Å². The highest BCUT2D eigenvalue weighted by molar-refractivity contribution is 5.73. The first-order chi connectivity index (χ1) is 10.1. The largest absolute Gasteiger partial charge is 0.497 e. The number of hydrogen-bond donors (Lipinski definition) is 2. The van der Waals surface area contributed by atoms with Gasteiger partial charge in [-0.2, -0.15) is 0 Å². The number of nitrogens with zero attached hydrogens (tertiary/aromatic N) is 1. The number of hydrogen-bond acceptors (Lipinski definition) is 5. The van der Waals surface area contributed by atoms with Gasteiger partial charge in [0.2, 0.25) is 0 Å². The predicted octanol–water partition coefficient (Wildman–Crippen LogP) is 1.11. The summed E-state index contributed by atoms with van der Waals surface area (Å²) in [5, 5.41) is 18.6. The molecule has 0 bridgehead atoms. The molecule has 1 aromatic carbocycles. The van der Waals surface area contributed by atoms with E-state index < -0.39 is 18.6 Å². The van der Waals surface area contributed by atoms with Gasteiger partial charge in [-0.15, -0.1) is 0 Å². The molecule has 116 valence electrons. The van der Waals surface area contributed by atoms with E-state index in [1.165, 1.54) is 0 Å². The molecule has 1 atom stereocenters. The van der Waals surface area contributed by atoms with Gasteiger partial charge in [0.25, 0.3) is 0 Å². The summed E-state index contributed by atoms with van der Waals surface area (Å²) in [6.45, 7) is 0.0274. The summed E-state index contributed by atoms with van der Waals surface area (Å²) in [5.74, 6) is 0.337. The lowest BCUT2D eigenvalue weighted by Crippen LogP contribution is -2.44. The van der Waals surface area contributed by atoms with Crippen LogP contribution in [0, 0.1) is 0 Å². The summed E-state index contributed by atoms with van der Waals surface area (Å²) in [6, 6.07) is 4.78. The molecule has 0 amide bonds. The third kappa shape index (κ3) is 3.65. The highest BCUT2D eigenvalue weighted by Gasteiger charge is 2.37. The van der Waals surface area contributed by atoms with Crippen molar-refractivity contribution in [3.63, 3.8) is 0 Å². The van der Waals surface area contributed by atoms with Crippen molar-refractivity contribution in [1.82, 2.24) is 4.90 Å². The molecule has 2 N–H and O–H groups in total. The summed E-state index contributed by atoms with van der Waals surface area (Å²) in [4.78, 5) is 13.1. The standard InChI is InChI=1S/C15H21NO5/c1-20-12-6-3-10(14(7-12)21-2)8-16(11-4-5-11)13(9-17)15(18)19/h3,6-7,11,13,17H,4-5,8-9H2,1-2H3,(H,18,19). The Bertz CT molecular complexity index is 501. The maximum absolute atomic E-state index is 11.3. The molecule has 0 heterocycles. The number of carboxylic acids is 1. The van der Waals surface area contributed by atoms with E-state index in [2.05, 4.69) is 0 Å². The fourth-order valence-electron chi connectivity index (χ4n) is 2.40. The first kappa shape index (κ1) is 15.6. The Labute approximate surface area is 123 Å². The topological polar surface area (TPSA) is 79.2 Å². The van der Waals surface area contributed by atoms with Crippen molar-refractivity contribution in [1.29, 1.82) is 0 Å². The first-order valence-corrected chi connectivity index (χ1v) is 6.91. The van der Waals surface area contributed by atoms with E-state index in [1.54, 1.807) is 20.3 Å². The van der Waals surface area contributed by atoms with Gasteiger partial charge in [-0.1, -0.05) is 6.07 Å². The number of benzene rings is 1. The van der Waals surface area contributed by atoms with Crippen LogP contribution >= 0.6 is 0 Å². The van der Waals surface area contributed by atoms with E-state index in [0.29, 0.717) is 18.0 Å². The first-order valence-electron chi connectivity index (χ1n) is 6.91. The quantitative estimate of drug-likeness (QED) is 0.748. The molecular weight excluding hydrogens is 274 g/mol. The van der Waals surface area contributed by atoms with Gasteiger partial charge in [-0.3, -0.25) is 9.69 Å². The van der Waals surface area contributed by atoms with E-state index in [9.17, 15) is 15.0 Å². The maximum Gasteiger partial charge on any atom is 0.323 e. The minimum absolute atomic E-state index is 0.213. The molecule has 1 aromatic rings. The lowest BCUT2D eigenvalue weighted by atomic mass is 10.1. The predicted molar refractivity (Wildman–Crippen MR) is 76.6 cm³/mol. The fraction of sp³-hybridized carbons (Fsp3) is 0.533. The van der Waals surface area contributed by atoms with Crippen molar-refractivity contribution in [2.24, 2.45) is 0 Å². The number of ether oxygens (including phenoxy) is 2. The number of rotatable bonds is 8. The zero-order valence-electron chi connectivity index (χ0n) is 12.3. The van der Waals surface area contributed by atoms with Gasteiger partial charge >= 0.3 is 5.97 Å². The van der Waals surface area contributed by atoms with Crippen molar-refractivity contribution in [2.75, 3.05) is 20.8 Å². The van der Waals surface area contributed by atoms with Crippen molar-refractivity contribution >= 4 is 5.97 Å². The second kappa shape index (κ2) is 6.78. The average Bonchev–Trinajstić information content (AvgIpc) is 3.31. The Balaban J connectivity index is 2.22. The molecule has 0 aliphatic heterocycles. The van der Waals surface area contributed by atoms with Crippen LogP contribution in [-0.4, -0.2) is 54.0 Å². The van der Waals surface area contributed by atoms with Gasteiger partial charge in [-0.05, 0) is 18.9 Å². The molecule has 1 fully saturated rings. The van der Waals surface area contributed by atoms with Crippen molar-refractivity contribution in [3.05, 3.63) is 23.8 Å². The lowest BCUT2D eigenvalue weighted by Gasteiger charge is -2.28. The molecule has 1 saturated carbocycles. The van der Waals surface area contributed by atoms with Crippen LogP contribution in [0.25, 0.3) is 0 Å². The Morgan fingerprint density at radius 3 is 2.57 bits per heavy atom. The van der Waals surface area contributed by atoms with Crippen LogP contribution in [0.1, 0.15) is 18.4 Å². The minimum atomic E-state index is -1.00. The minimum Gasteiger partial charge on any atom is -0.497 e. The van der Waals surface area contributed by atoms with Crippen LogP contribution in [0.5, 0.6) is 11.5 Å². The summed E-state index contributed by atoms with van der Waals surface area (Å²) in [7, 11) is 3.15. The molecule has 1 unspecified atom stereocenters. The van der Waals surface area contributed by atoms with Crippen LogP contribution in [0.4, 0.5) is 0 Å². The van der Waals surface area contributed by atoms with E-state index in [4.69, 9.17) is 9.47 Å². The van der Waals surface area contributed by atoms with Crippen LogP contribution in [0.2, 0.25) is 0 Å². The van der Waals surface area contributed by atoms with Gasteiger partial charge in [0.1, 0.15) is 17.5 Å². The van der Waals surface area contributed by atoms with Gasteiger partial charge in [-0.25, -0.2) is 0 Å². The number of aliphatic carboxylic acids is 1. The molecule has 1 aliphatic carbocycles. The number of carboxylic acid groups (broad SMARTS) is 1. The zero-order chi connectivity index (χ0) is 15.4. The Morgan fingerprint density at radius 1 is 1.38 bits per heavy atom. The molecule has 2 rings (SSSR count). The van der Waals surface area contributed by atoms with Crippen LogP contribution in [-0.2, 0) is 11.3 Å². The molecule has 6 heteroatoms. The second-order valence-electron chi connectivity index (χ2n) is 5.12. The molecule has 0 spiro atoms. The van der Waals surface area contributed by atoms with Crippen molar-refractivity contribution in [2.45, 2.75) is 31.5 Å². The van der Waals surface area contributed by atoms with Crippen molar-refractivity contribution < 1.29 is 24.5 Å². The second-order valence-corrected chi connectivity index (χ2v) is 5.12. The monoisotopic (exact) mass is 295 g/mol. The smallest absolute Gasteiger partial charge is 0.323 e. The highest BCUT2D eigenvalue weighted by Crippen LogP contribution is 2.33. The number of methoxy groups -OCH3 is 2. The Hall–Kier alpha value is -1.79. The molecule has 21 heavy (non-hydrogen) atoms. The third-order valence-electron chi connectivity index (χ3n) is 3.72. The highest BCUT2D eigenvalue weighted by atomic mass is 16.5. The van der Waals surface area contributed by atoms with Crippen LogP contribution in [0.15, 0.2) is 18.2 Å². The third-order valence-corrected chi connectivity index (χ3v) is 3.72. The molecular formula is C15H21NO5.